The quantitative estimate of drug-likeness (QED) is 0.529. The van der Waals surface area contributed by atoms with Crippen molar-refractivity contribution in [3.63, 3.8) is 0 Å². The Morgan fingerprint density at radius 3 is 2.77 bits per heavy atom. The Balaban J connectivity index is 1.76. The van der Waals surface area contributed by atoms with Crippen LogP contribution >= 0.6 is 15.9 Å². The monoisotopic (exact) mass is 438 g/mol. The van der Waals surface area contributed by atoms with Gasteiger partial charge in [-0.1, -0.05) is 19.6 Å². The summed E-state index contributed by atoms with van der Waals surface area (Å²) in [6.45, 7) is 7.66. The molecule has 1 saturated carbocycles. The van der Waals surface area contributed by atoms with Gasteiger partial charge in [-0.15, -0.1) is 10.2 Å². The average Bonchev–Trinajstić information content (AvgIpc) is 3.40. The third-order valence-corrected chi connectivity index (χ3v) is 6.55. The van der Waals surface area contributed by atoms with E-state index in [9.17, 15) is 9.59 Å². The number of anilines is 1. The summed E-state index contributed by atoms with van der Waals surface area (Å²) in [4.78, 5) is 24.5. The van der Waals surface area contributed by atoms with E-state index in [4.69, 9.17) is 4.74 Å². The highest BCUT2D eigenvalue weighted by molar-refractivity contribution is 9.10. The molecule has 1 N–H and O–H groups in total. The molecule has 9 heteroatoms. The molecule has 1 aliphatic carbocycles. The van der Waals surface area contributed by atoms with Crippen molar-refractivity contribution in [1.29, 1.82) is 0 Å². The minimum atomic E-state index is -1.17. The molecule has 2 aromatic heterocycles. The second-order valence-electron chi connectivity index (χ2n) is 7.86. The summed E-state index contributed by atoms with van der Waals surface area (Å²) in [5, 5.41) is 11.4. The van der Waals surface area contributed by atoms with Crippen molar-refractivity contribution in [2.45, 2.75) is 45.3 Å². The van der Waals surface area contributed by atoms with Crippen molar-refractivity contribution in [1.82, 2.24) is 14.8 Å². The summed E-state index contributed by atoms with van der Waals surface area (Å²) >= 11 is 3.48. The molecule has 0 aromatic carbocycles. The highest BCUT2D eigenvalue weighted by Crippen LogP contribution is 2.30. The van der Waals surface area contributed by atoms with Crippen LogP contribution in [0.25, 0.3) is 10.9 Å². The number of halogens is 1. The number of hydrogen-bond donors (Lipinski definition) is 1. The lowest BCUT2D eigenvalue weighted by molar-refractivity contribution is -0.117. The predicted molar refractivity (Wildman–Crippen MR) is 107 cm³/mol. The number of nitrogens with one attached hydrogen (secondary N) is 1. The fraction of sp³-hybridized carbons (Fsp3) is 0.529. The van der Waals surface area contributed by atoms with Gasteiger partial charge in [-0.25, -0.2) is 0 Å². The maximum absolute atomic E-state index is 12.6. The third-order valence-electron chi connectivity index (χ3n) is 4.21. The summed E-state index contributed by atoms with van der Waals surface area (Å²) in [6, 6.07) is 2.71. The maximum Gasteiger partial charge on any atom is 0.280 e. The summed E-state index contributed by atoms with van der Waals surface area (Å²) in [6.07, 6.45) is 3.52. The SMILES string of the molecule is C[Si](C)(C)CCOCn1cc(Br)c2cc(NC(=O)C3CC3)nnc2c1=O. The Morgan fingerprint density at radius 2 is 2.12 bits per heavy atom. The van der Waals surface area contributed by atoms with Gasteiger partial charge in [0, 0.05) is 36.7 Å². The van der Waals surface area contributed by atoms with Gasteiger partial charge in [-0.05, 0) is 40.9 Å². The lowest BCUT2D eigenvalue weighted by Gasteiger charge is -2.16. The first kappa shape index (κ1) is 19.2. The minimum Gasteiger partial charge on any atom is -0.361 e. The molecule has 0 radical (unpaired) electrons. The van der Waals surface area contributed by atoms with Gasteiger partial charge in [0.2, 0.25) is 5.91 Å². The first-order valence-corrected chi connectivity index (χ1v) is 13.2. The number of pyridine rings is 1. The van der Waals surface area contributed by atoms with Gasteiger partial charge in [0.1, 0.15) is 6.73 Å². The number of aromatic nitrogens is 3. The number of fused-ring (bicyclic) bond motifs is 1. The zero-order valence-electron chi connectivity index (χ0n) is 15.2. The second kappa shape index (κ2) is 7.57. The molecular formula is C17H23BrN4O3Si. The van der Waals surface area contributed by atoms with E-state index in [-0.39, 0.29) is 29.6 Å². The Morgan fingerprint density at radius 1 is 1.38 bits per heavy atom. The van der Waals surface area contributed by atoms with Gasteiger partial charge >= 0.3 is 0 Å². The summed E-state index contributed by atoms with van der Waals surface area (Å²) < 4.78 is 7.85. The van der Waals surface area contributed by atoms with E-state index in [0.717, 1.165) is 18.9 Å². The van der Waals surface area contributed by atoms with Crippen LogP contribution in [0, 0.1) is 5.92 Å². The van der Waals surface area contributed by atoms with Crippen LogP contribution in [0.4, 0.5) is 5.82 Å². The van der Waals surface area contributed by atoms with Crippen LogP contribution < -0.4 is 10.9 Å². The zero-order chi connectivity index (χ0) is 18.9. The molecular weight excluding hydrogens is 416 g/mol. The van der Waals surface area contributed by atoms with E-state index < -0.39 is 8.07 Å². The zero-order valence-corrected chi connectivity index (χ0v) is 17.8. The van der Waals surface area contributed by atoms with Crippen molar-refractivity contribution in [3.05, 3.63) is 27.1 Å². The molecule has 0 spiro atoms. The normalized spacial score (nSPS) is 14.6. The molecule has 0 aliphatic heterocycles. The number of hydrogen-bond acceptors (Lipinski definition) is 5. The molecule has 1 fully saturated rings. The fourth-order valence-corrected chi connectivity index (χ4v) is 3.71. The van der Waals surface area contributed by atoms with Crippen molar-refractivity contribution in [2.24, 2.45) is 5.92 Å². The van der Waals surface area contributed by atoms with E-state index >= 15 is 0 Å². The standard InChI is InChI=1S/C17H23BrN4O3Si/c1-26(2,3)7-6-25-10-22-9-13(18)12-8-14(19-16(23)11-4-5-11)20-21-15(12)17(22)24/h8-9,11H,4-7,10H2,1-3H3,(H,19,20,23). The average molecular weight is 439 g/mol. The van der Waals surface area contributed by atoms with Crippen LogP contribution in [0.5, 0.6) is 0 Å². The van der Waals surface area contributed by atoms with Crippen LogP contribution in [-0.4, -0.2) is 35.4 Å². The second-order valence-corrected chi connectivity index (χ2v) is 14.3. The predicted octanol–water partition coefficient (Wildman–Crippen LogP) is 3.21. The Labute approximate surface area is 161 Å². The highest BCUT2D eigenvalue weighted by Gasteiger charge is 2.30. The lowest BCUT2D eigenvalue weighted by atomic mass is 10.2. The number of amides is 1. The van der Waals surface area contributed by atoms with E-state index in [1.165, 1.54) is 4.57 Å². The van der Waals surface area contributed by atoms with Crippen LogP contribution in [-0.2, 0) is 16.3 Å². The molecule has 1 aliphatic rings. The molecule has 1 amide bonds. The van der Waals surface area contributed by atoms with Crippen molar-refractivity contribution < 1.29 is 9.53 Å². The summed E-state index contributed by atoms with van der Waals surface area (Å²) in [7, 11) is -1.17. The molecule has 26 heavy (non-hydrogen) atoms. The Kier molecular flexibility index (Phi) is 5.59. The number of carbonyl (C=O) groups excluding carboxylic acids is 1. The summed E-state index contributed by atoms with van der Waals surface area (Å²) in [5.41, 5.74) is -0.0126. The Hall–Kier alpha value is -1.58. The molecule has 2 aromatic rings. The smallest absolute Gasteiger partial charge is 0.280 e. The molecule has 140 valence electrons. The molecule has 0 bridgehead atoms. The Bertz CT molecular complexity index is 890. The topological polar surface area (TPSA) is 86.1 Å². The van der Waals surface area contributed by atoms with Crippen LogP contribution in [0.15, 0.2) is 21.5 Å². The number of ether oxygens (including phenoxy) is 1. The van der Waals surface area contributed by atoms with Crippen molar-refractivity contribution >= 4 is 46.6 Å². The van der Waals surface area contributed by atoms with Gasteiger partial charge in [-0.3, -0.25) is 14.2 Å². The van der Waals surface area contributed by atoms with Crippen molar-refractivity contribution in [3.8, 4) is 0 Å². The molecule has 2 heterocycles. The largest absolute Gasteiger partial charge is 0.361 e. The fourth-order valence-electron chi connectivity index (χ4n) is 2.40. The molecule has 7 nitrogen and oxygen atoms in total. The minimum absolute atomic E-state index is 0.0427. The number of rotatable bonds is 7. The molecule has 0 atom stereocenters. The molecule has 0 saturated heterocycles. The first-order chi connectivity index (χ1) is 12.2. The highest BCUT2D eigenvalue weighted by atomic mass is 79.9. The maximum atomic E-state index is 12.6. The van der Waals surface area contributed by atoms with Crippen LogP contribution in [0.3, 0.4) is 0 Å². The van der Waals surface area contributed by atoms with E-state index in [1.54, 1.807) is 12.3 Å². The van der Waals surface area contributed by atoms with Crippen LogP contribution in [0.1, 0.15) is 12.8 Å². The van der Waals surface area contributed by atoms with Gasteiger partial charge in [0.05, 0.1) is 0 Å². The van der Waals surface area contributed by atoms with Gasteiger partial charge < -0.3 is 10.1 Å². The lowest BCUT2D eigenvalue weighted by Crippen LogP contribution is -2.25. The van der Waals surface area contributed by atoms with Crippen molar-refractivity contribution in [2.75, 3.05) is 11.9 Å². The van der Waals surface area contributed by atoms with Gasteiger partial charge in [0.25, 0.3) is 5.56 Å². The molecule has 3 rings (SSSR count). The third kappa shape index (κ3) is 4.77. The van der Waals surface area contributed by atoms with Gasteiger partial charge in [-0.2, -0.15) is 0 Å². The van der Waals surface area contributed by atoms with Gasteiger partial charge in [0.15, 0.2) is 11.3 Å². The van der Waals surface area contributed by atoms with E-state index in [0.29, 0.717) is 22.3 Å². The molecule has 0 unspecified atom stereocenters. The first-order valence-electron chi connectivity index (χ1n) is 8.69. The number of nitrogens with zero attached hydrogens (tertiary/aromatic N) is 3. The van der Waals surface area contributed by atoms with Crippen LogP contribution in [0.2, 0.25) is 25.7 Å². The van der Waals surface area contributed by atoms with E-state index in [1.807, 2.05) is 0 Å². The summed E-state index contributed by atoms with van der Waals surface area (Å²) in [5.74, 6) is 0.398. The number of carbonyl (C=O) groups is 1. The van der Waals surface area contributed by atoms with E-state index in [2.05, 4.69) is 51.1 Å².